The van der Waals surface area contributed by atoms with Gasteiger partial charge in [0.25, 0.3) is 0 Å². The fourth-order valence-electron chi connectivity index (χ4n) is 6.82. The number of hydrogen-bond acceptors (Lipinski definition) is 2. The van der Waals surface area contributed by atoms with Crippen LogP contribution in [-0.4, -0.2) is 11.6 Å². The Morgan fingerprint density at radius 2 is 1.61 bits per heavy atom. The van der Waals surface area contributed by atoms with Crippen LogP contribution >= 0.6 is 0 Å². The van der Waals surface area contributed by atoms with Crippen LogP contribution in [0.15, 0.2) is 0 Å². The second kappa shape index (κ2) is 6.01. The van der Waals surface area contributed by atoms with Crippen molar-refractivity contribution in [2.45, 2.75) is 85.5 Å². The van der Waals surface area contributed by atoms with E-state index < -0.39 is 0 Å². The first-order chi connectivity index (χ1) is 10.9. The van der Waals surface area contributed by atoms with Crippen LogP contribution in [0.3, 0.4) is 0 Å². The standard InChI is InChI=1S/C19H28O2.C2H6/c1-18-9-7-13(20)11-12(18)3-4-14-15-5-6-17(21)19(15,2)10-8-16(14)18;1-2/h12,14-16H,3-11H2,1-2H3;1-2H3/t12?,14?,15?,16?,18-,19-;/m0./s1. The van der Waals surface area contributed by atoms with Gasteiger partial charge in [0.1, 0.15) is 11.6 Å². The molecule has 23 heavy (non-hydrogen) atoms. The highest BCUT2D eigenvalue weighted by molar-refractivity contribution is 5.87. The van der Waals surface area contributed by atoms with E-state index in [-0.39, 0.29) is 5.41 Å². The number of ketones is 2. The predicted molar refractivity (Wildman–Crippen MR) is 93.1 cm³/mol. The third-order valence-electron chi connectivity index (χ3n) is 8.19. The van der Waals surface area contributed by atoms with E-state index in [1.165, 1.54) is 19.3 Å². The van der Waals surface area contributed by atoms with Crippen LogP contribution in [-0.2, 0) is 9.59 Å². The van der Waals surface area contributed by atoms with Crippen LogP contribution < -0.4 is 0 Å². The van der Waals surface area contributed by atoms with E-state index in [1.54, 1.807) is 0 Å². The van der Waals surface area contributed by atoms with Crippen molar-refractivity contribution in [3.63, 3.8) is 0 Å². The van der Waals surface area contributed by atoms with E-state index in [4.69, 9.17) is 0 Å². The third kappa shape index (κ3) is 2.43. The first-order valence-electron chi connectivity index (χ1n) is 10.00. The Morgan fingerprint density at radius 1 is 0.870 bits per heavy atom. The molecule has 0 spiro atoms. The Balaban J connectivity index is 0.000000753. The van der Waals surface area contributed by atoms with Crippen LogP contribution in [0.25, 0.3) is 0 Å². The summed E-state index contributed by atoms with van der Waals surface area (Å²) in [7, 11) is 0. The van der Waals surface area contributed by atoms with Gasteiger partial charge >= 0.3 is 0 Å². The van der Waals surface area contributed by atoms with Crippen molar-refractivity contribution >= 4 is 11.6 Å². The van der Waals surface area contributed by atoms with Crippen LogP contribution in [0.1, 0.15) is 85.5 Å². The van der Waals surface area contributed by atoms with Gasteiger partial charge in [-0.3, -0.25) is 9.59 Å². The molecule has 0 amide bonds. The maximum Gasteiger partial charge on any atom is 0.139 e. The largest absolute Gasteiger partial charge is 0.300 e. The number of carbonyl (C=O) groups is 2. The summed E-state index contributed by atoms with van der Waals surface area (Å²) in [5.41, 5.74) is 0.374. The van der Waals surface area contributed by atoms with E-state index in [2.05, 4.69) is 13.8 Å². The molecule has 4 aliphatic carbocycles. The highest BCUT2D eigenvalue weighted by atomic mass is 16.1. The molecule has 0 heterocycles. The van der Waals surface area contributed by atoms with Crippen molar-refractivity contribution in [1.82, 2.24) is 0 Å². The molecule has 0 aromatic heterocycles. The van der Waals surface area contributed by atoms with Crippen LogP contribution in [0.5, 0.6) is 0 Å². The molecule has 6 atom stereocenters. The molecule has 0 radical (unpaired) electrons. The Bertz CT molecular complexity index is 496. The second-order valence-corrected chi connectivity index (χ2v) is 8.82. The van der Waals surface area contributed by atoms with Crippen LogP contribution in [0.4, 0.5) is 0 Å². The van der Waals surface area contributed by atoms with Crippen molar-refractivity contribution in [2.75, 3.05) is 0 Å². The smallest absolute Gasteiger partial charge is 0.139 e. The zero-order chi connectivity index (χ0) is 16.8. The molecule has 0 aromatic carbocycles. The minimum atomic E-state index is -0.00511. The molecule has 0 aliphatic heterocycles. The molecule has 130 valence electrons. The second-order valence-electron chi connectivity index (χ2n) is 8.82. The van der Waals surface area contributed by atoms with Crippen LogP contribution in [0.2, 0.25) is 0 Å². The lowest BCUT2D eigenvalue weighted by atomic mass is 9.45. The first kappa shape index (κ1) is 17.2. The average molecular weight is 319 g/mol. The molecule has 4 unspecified atom stereocenters. The zero-order valence-corrected chi connectivity index (χ0v) is 15.5. The lowest BCUT2D eigenvalue weighted by Crippen LogP contribution is -2.53. The molecule has 4 rings (SSSR count). The summed E-state index contributed by atoms with van der Waals surface area (Å²) in [6, 6.07) is 0. The first-order valence-corrected chi connectivity index (χ1v) is 10.00. The van der Waals surface area contributed by atoms with Gasteiger partial charge < -0.3 is 0 Å². The van der Waals surface area contributed by atoms with E-state index in [1.807, 2.05) is 13.8 Å². The van der Waals surface area contributed by atoms with E-state index in [9.17, 15) is 9.59 Å². The molecule has 4 fully saturated rings. The molecule has 0 bridgehead atoms. The van der Waals surface area contributed by atoms with Gasteiger partial charge in [-0.25, -0.2) is 0 Å². The fourth-order valence-corrected chi connectivity index (χ4v) is 6.82. The molecule has 4 saturated carbocycles. The molecular weight excluding hydrogens is 284 g/mol. The lowest BCUT2D eigenvalue weighted by molar-refractivity contribution is -0.144. The molecular formula is C21H34O2. The Hall–Kier alpha value is -0.660. The SMILES string of the molecule is CC.C[C@]12CCC(=O)CC1CCC1C2CC[C@]2(C)C(=O)CCC12. The molecule has 0 saturated heterocycles. The monoisotopic (exact) mass is 318 g/mol. The number of Topliss-reactive ketones (excluding diaryl/α,β-unsaturated/α-hetero) is 2. The highest BCUT2D eigenvalue weighted by Gasteiger charge is 2.60. The zero-order valence-electron chi connectivity index (χ0n) is 15.5. The minimum Gasteiger partial charge on any atom is -0.300 e. The Labute approximate surface area is 141 Å². The molecule has 4 aliphatic rings. The summed E-state index contributed by atoms with van der Waals surface area (Å²) in [5.74, 6) is 3.82. The van der Waals surface area contributed by atoms with Crippen molar-refractivity contribution in [3.8, 4) is 0 Å². The topological polar surface area (TPSA) is 34.1 Å². The van der Waals surface area contributed by atoms with Crippen molar-refractivity contribution < 1.29 is 9.59 Å². The molecule has 0 aromatic rings. The summed E-state index contributed by atoms with van der Waals surface area (Å²) < 4.78 is 0. The van der Waals surface area contributed by atoms with E-state index in [0.29, 0.717) is 28.8 Å². The maximum absolute atomic E-state index is 12.4. The fraction of sp³-hybridized carbons (Fsp3) is 0.905. The minimum absolute atomic E-state index is 0.00511. The van der Waals surface area contributed by atoms with Gasteiger partial charge in [-0.15, -0.1) is 0 Å². The van der Waals surface area contributed by atoms with E-state index in [0.717, 1.165) is 50.4 Å². The number of rotatable bonds is 0. The number of carbonyl (C=O) groups excluding carboxylic acids is 2. The van der Waals surface area contributed by atoms with Gasteiger partial charge in [0.15, 0.2) is 0 Å². The van der Waals surface area contributed by atoms with Gasteiger partial charge in [-0.2, -0.15) is 0 Å². The quantitative estimate of drug-likeness (QED) is 0.615. The highest BCUT2D eigenvalue weighted by Crippen LogP contribution is 2.65. The third-order valence-corrected chi connectivity index (χ3v) is 8.19. The summed E-state index contributed by atoms with van der Waals surface area (Å²) in [5, 5.41) is 0. The predicted octanol–water partition coefficient (Wildman–Crippen LogP) is 5.19. The van der Waals surface area contributed by atoms with E-state index >= 15 is 0 Å². The van der Waals surface area contributed by atoms with Gasteiger partial charge in [0.2, 0.25) is 0 Å². The summed E-state index contributed by atoms with van der Waals surface area (Å²) in [6.45, 7) is 8.72. The van der Waals surface area contributed by atoms with Gasteiger partial charge in [-0.05, 0) is 67.6 Å². The van der Waals surface area contributed by atoms with Gasteiger partial charge in [-0.1, -0.05) is 27.7 Å². The number of fused-ring (bicyclic) bond motifs is 5. The summed E-state index contributed by atoms with van der Waals surface area (Å²) in [4.78, 5) is 24.2. The molecule has 2 heteroatoms. The number of hydrogen-bond donors (Lipinski definition) is 0. The summed E-state index contributed by atoms with van der Waals surface area (Å²) in [6.07, 6.45) is 9.53. The Kier molecular flexibility index (Phi) is 4.48. The van der Waals surface area contributed by atoms with Gasteiger partial charge in [0.05, 0.1) is 0 Å². The lowest BCUT2D eigenvalue weighted by Gasteiger charge is -2.59. The summed E-state index contributed by atoms with van der Waals surface area (Å²) >= 11 is 0. The van der Waals surface area contributed by atoms with Crippen molar-refractivity contribution in [1.29, 1.82) is 0 Å². The normalized spacial score (nSPS) is 48.7. The average Bonchev–Trinajstić information content (AvgIpc) is 2.86. The van der Waals surface area contributed by atoms with Crippen molar-refractivity contribution in [3.05, 3.63) is 0 Å². The van der Waals surface area contributed by atoms with Crippen LogP contribution in [0, 0.1) is 34.5 Å². The van der Waals surface area contributed by atoms with Gasteiger partial charge in [0, 0.05) is 24.7 Å². The maximum atomic E-state index is 12.4. The Morgan fingerprint density at radius 3 is 2.35 bits per heavy atom. The molecule has 0 N–H and O–H groups in total. The van der Waals surface area contributed by atoms with Crippen molar-refractivity contribution in [2.24, 2.45) is 34.5 Å². The molecule has 2 nitrogen and oxygen atoms in total.